The molecule has 0 heterocycles. The second kappa shape index (κ2) is 17.2. The molecule has 3 fully saturated rings. The van der Waals surface area contributed by atoms with Gasteiger partial charge in [0, 0.05) is 36.0 Å². The average Bonchev–Trinajstić information content (AvgIpc) is 3.59. The molecule has 7 nitrogen and oxygen atoms in total. The molecule has 0 amide bonds. The summed E-state index contributed by atoms with van der Waals surface area (Å²) in [6.45, 7) is 10.8. The molecule has 0 saturated heterocycles. The van der Waals surface area contributed by atoms with E-state index in [0.29, 0.717) is 37.4 Å². The highest BCUT2D eigenvalue weighted by Gasteiger charge is 2.61. The lowest BCUT2D eigenvalue weighted by Crippen LogP contribution is -2.33. The van der Waals surface area contributed by atoms with E-state index in [1.807, 2.05) is 18.2 Å². The number of allylic oxidation sites excluding steroid dienone is 7. The molecule has 0 aromatic heterocycles. The van der Waals surface area contributed by atoms with Crippen molar-refractivity contribution in [2.24, 2.45) is 35.0 Å². The Morgan fingerprint density at radius 2 is 1.73 bits per heavy atom. The van der Waals surface area contributed by atoms with Gasteiger partial charge in [-0.3, -0.25) is 14.4 Å². The van der Waals surface area contributed by atoms with Crippen molar-refractivity contribution in [1.29, 1.82) is 0 Å². The fraction of sp³-hybridized carbons (Fsp3) is 0.571. The van der Waals surface area contributed by atoms with Gasteiger partial charge in [0.05, 0.1) is 24.4 Å². The molecule has 3 saturated carbocycles. The summed E-state index contributed by atoms with van der Waals surface area (Å²) in [7, 11) is 1.69. The van der Waals surface area contributed by atoms with E-state index in [1.54, 1.807) is 7.11 Å². The number of rotatable bonds is 11. The highest BCUT2D eigenvalue weighted by Crippen LogP contribution is 2.58. The van der Waals surface area contributed by atoms with E-state index in [-0.39, 0.29) is 35.9 Å². The zero-order chi connectivity index (χ0) is 39.6. The number of hydrogen-bond donors (Lipinski definition) is 1. The molecule has 0 aliphatic heterocycles. The number of methoxy groups -OCH3 is 1. The van der Waals surface area contributed by atoms with Crippen LogP contribution in [0.2, 0.25) is 0 Å². The number of fused-ring (bicyclic) bond motifs is 3. The molecule has 6 atom stereocenters. The van der Waals surface area contributed by atoms with E-state index in [2.05, 4.69) is 57.7 Å². The van der Waals surface area contributed by atoms with Crippen molar-refractivity contribution in [3.63, 3.8) is 0 Å². The maximum absolute atomic E-state index is 14.9. The summed E-state index contributed by atoms with van der Waals surface area (Å²) in [6.07, 6.45) is 20.9. The van der Waals surface area contributed by atoms with Gasteiger partial charge in [0.1, 0.15) is 29.2 Å². The van der Waals surface area contributed by atoms with Crippen LogP contribution in [0.3, 0.4) is 0 Å². The van der Waals surface area contributed by atoms with Crippen molar-refractivity contribution in [2.45, 2.75) is 136 Å². The van der Waals surface area contributed by atoms with E-state index < -0.39 is 29.3 Å². The van der Waals surface area contributed by atoms with Gasteiger partial charge in [-0.15, -0.1) is 0 Å². The van der Waals surface area contributed by atoms with Crippen molar-refractivity contribution in [1.82, 2.24) is 0 Å². The molecular formula is C49H62O7. The fourth-order valence-corrected chi connectivity index (χ4v) is 10.2. The van der Waals surface area contributed by atoms with E-state index in [1.165, 1.54) is 11.1 Å². The Hall–Kier alpha value is -4.13. The predicted octanol–water partition coefficient (Wildman–Crippen LogP) is 11.3. The second-order valence-corrected chi connectivity index (χ2v) is 18.0. The van der Waals surface area contributed by atoms with Gasteiger partial charge in [0.25, 0.3) is 0 Å². The van der Waals surface area contributed by atoms with Crippen molar-refractivity contribution in [3.05, 3.63) is 77.6 Å². The maximum atomic E-state index is 14.9. The smallest absolute Gasteiger partial charge is 0.310 e. The van der Waals surface area contributed by atoms with Gasteiger partial charge in [-0.25, -0.2) is 0 Å². The number of ketones is 2. The maximum Gasteiger partial charge on any atom is 0.310 e. The molecule has 6 unspecified atom stereocenters. The molecule has 5 aliphatic carbocycles. The third kappa shape index (κ3) is 8.72. The largest absolute Gasteiger partial charge is 0.496 e. The van der Waals surface area contributed by atoms with Crippen LogP contribution in [0, 0.1) is 41.9 Å². The minimum atomic E-state index is -1.10. The molecule has 56 heavy (non-hydrogen) atoms. The molecule has 2 aromatic carbocycles. The number of carbonyl (C=O) groups excluding carboxylic acids is 2. The first-order valence-electron chi connectivity index (χ1n) is 21.4. The summed E-state index contributed by atoms with van der Waals surface area (Å²) in [4.78, 5) is 42.1. The van der Waals surface area contributed by atoms with Gasteiger partial charge in [-0.2, -0.15) is 0 Å². The van der Waals surface area contributed by atoms with Crippen LogP contribution in [0.15, 0.2) is 66.5 Å². The highest BCUT2D eigenvalue weighted by molar-refractivity contribution is 5.97. The molecule has 2 aromatic rings. The fourth-order valence-electron chi connectivity index (χ4n) is 10.2. The quantitative estimate of drug-likeness (QED) is 0.180. The standard InChI is InChI=1S/C49H62O7/c1-30(2)21-33-17-18-34(23-33)36-24-41-32(4)45(54-5)20-19-40(41)46(25-36)56-39-26-42-43(27-39)47(51)35(22-31(3)55-38-15-11-12-16-38)13-9-7-6-8-10-14-37-28-49(37,48(52)53)29-44(42)50/h10,14,18-20,23-25,30,35,37-39,42-43H,3,6-9,11-13,15-17,21-22,26-29H2,1-2,4-5H3,(H,52,53)/b14-10-. The van der Waals surface area contributed by atoms with E-state index in [9.17, 15) is 19.5 Å². The summed E-state index contributed by atoms with van der Waals surface area (Å²) in [5.41, 5.74) is 3.59. The lowest BCUT2D eigenvalue weighted by Gasteiger charge is -2.25. The Bertz CT molecular complexity index is 1930. The summed E-state index contributed by atoms with van der Waals surface area (Å²) in [6, 6.07) is 8.35. The van der Waals surface area contributed by atoms with Crippen LogP contribution in [-0.2, 0) is 19.1 Å². The minimum absolute atomic E-state index is 0.0583. The van der Waals surface area contributed by atoms with Crippen LogP contribution in [0.5, 0.6) is 11.5 Å². The summed E-state index contributed by atoms with van der Waals surface area (Å²) >= 11 is 0. The Kier molecular flexibility index (Phi) is 12.3. The summed E-state index contributed by atoms with van der Waals surface area (Å²) in [5.74, 6) is 0.164. The normalized spacial score (nSPS) is 29.2. The summed E-state index contributed by atoms with van der Waals surface area (Å²) in [5, 5.41) is 12.4. The van der Waals surface area contributed by atoms with Crippen molar-refractivity contribution in [3.8, 4) is 11.5 Å². The first kappa shape index (κ1) is 40.1. The van der Waals surface area contributed by atoms with Crippen LogP contribution in [-0.4, -0.2) is 42.0 Å². The van der Waals surface area contributed by atoms with Crippen LogP contribution in [0.25, 0.3) is 16.3 Å². The van der Waals surface area contributed by atoms with Crippen molar-refractivity contribution >= 4 is 33.9 Å². The molecule has 1 N–H and O–H groups in total. The van der Waals surface area contributed by atoms with Crippen LogP contribution in [0.1, 0.15) is 128 Å². The molecular weight excluding hydrogens is 701 g/mol. The molecule has 0 radical (unpaired) electrons. The molecule has 300 valence electrons. The van der Waals surface area contributed by atoms with E-state index in [0.717, 1.165) is 104 Å². The molecule has 7 heteroatoms. The topological polar surface area (TPSA) is 99.1 Å². The van der Waals surface area contributed by atoms with Crippen molar-refractivity contribution < 1.29 is 33.7 Å². The molecule has 7 rings (SSSR count). The van der Waals surface area contributed by atoms with Crippen LogP contribution < -0.4 is 9.47 Å². The number of hydrogen-bond acceptors (Lipinski definition) is 6. The number of aryl methyl sites for hydroxylation is 1. The van der Waals surface area contributed by atoms with Crippen LogP contribution in [0.4, 0.5) is 0 Å². The number of Topliss-reactive ketones (excluding diaryl/α,β-unsaturated/α-hetero) is 2. The Morgan fingerprint density at radius 1 is 0.964 bits per heavy atom. The molecule has 0 spiro atoms. The second-order valence-electron chi connectivity index (χ2n) is 18.0. The Morgan fingerprint density at radius 3 is 2.48 bits per heavy atom. The lowest BCUT2D eigenvalue weighted by atomic mass is 9.78. The van der Waals surface area contributed by atoms with Gasteiger partial charge in [0.15, 0.2) is 0 Å². The lowest BCUT2D eigenvalue weighted by molar-refractivity contribution is -0.146. The first-order chi connectivity index (χ1) is 26.9. The van der Waals surface area contributed by atoms with Gasteiger partial charge < -0.3 is 19.3 Å². The third-order valence-corrected chi connectivity index (χ3v) is 13.4. The third-order valence-electron chi connectivity index (χ3n) is 13.4. The number of aliphatic carboxylic acids is 1. The van der Waals surface area contributed by atoms with Gasteiger partial charge in [-0.1, -0.05) is 63.1 Å². The van der Waals surface area contributed by atoms with Crippen LogP contribution >= 0.6 is 0 Å². The Labute approximate surface area is 333 Å². The predicted molar refractivity (Wildman–Crippen MR) is 222 cm³/mol. The van der Waals surface area contributed by atoms with Gasteiger partial charge in [0.2, 0.25) is 0 Å². The number of ether oxygens (including phenoxy) is 3. The molecule has 5 aliphatic rings. The van der Waals surface area contributed by atoms with Crippen molar-refractivity contribution in [2.75, 3.05) is 7.11 Å². The SMILES string of the molecule is C=C(CC1CCCCC/C=C\C2CC2(C(=O)O)CC(=O)C2CC(Oc3cc(C4=CCC(CC(C)C)=C4)cc4c(C)c(OC)ccc34)CC2C1=O)OC1CCCC1. The number of carboxylic acids is 1. The highest BCUT2D eigenvalue weighted by atomic mass is 16.5. The average molecular weight is 763 g/mol. The first-order valence-corrected chi connectivity index (χ1v) is 21.4. The number of benzene rings is 2. The van der Waals surface area contributed by atoms with E-state index >= 15 is 0 Å². The zero-order valence-corrected chi connectivity index (χ0v) is 34.1. The molecule has 0 bridgehead atoms. The number of carboxylic acid groups (broad SMARTS) is 1. The van der Waals surface area contributed by atoms with E-state index in [4.69, 9.17) is 14.2 Å². The van der Waals surface area contributed by atoms with Gasteiger partial charge >= 0.3 is 5.97 Å². The summed E-state index contributed by atoms with van der Waals surface area (Å²) < 4.78 is 19.0. The Balaban J connectivity index is 1.21. The zero-order valence-electron chi connectivity index (χ0n) is 34.1. The van der Waals surface area contributed by atoms with Gasteiger partial charge in [-0.05, 0) is 142 Å². The number of carbonyl (C=O) groups is 3. The minimum Gasteiger partial charge on any atom is -0.496 e. The monoisotopic (exact) mass is 762 g/mol.